The highest BCUT2D eigenvalue weighted by Crippen LogP contribution is 2.26. The van der Waals surface area contributed by atoms with Gasteiger partial charge in [-0.05, 0) is 45.7 Å². The van der Waals surface area contributed by atoms with Gasteiger partial charge in [0.15, 0.2) is 0 Å². The van der Waals surface area contributed by atoms with Gasteiger partial charge in [-0.1, -0.05) is 13.3 Å². The summed E-state index contributed by atoms with van der Waals surface area (Å²) in [5, 5.41) is 3.51. The van der Waals surface area contributed by atoms with E-state index in [4.69, 9.17) is 4.74 Å². The lowest BCUT2D eigenvalue weighted by atomic mass is 10.3. The lowest BCUT2D eigenvalue weighted by molar-refractivity contribution is 0.144. The molecule has 0 aliphatic heterocycles. The van der Waals surface area contributed by atoms with Crippen molar-refractivity contribution in [3.63, 3.8) is 0 Å². The van der Waals surface area contributed by atoms with Crippen molar-refractivity contribution in [1.29, 1.82) is 0 Å². The van der Waals surface area contributed by atoms with Crippen LogP contribution in [0.5, 0.6) is 0 Å². The van der Waals surface area contributed by atoms with Crippen molar-refractivity contribution in [2.75, 3.05) is 39.4 Å². The first-order chi connectivity index (χ1) is 8.38. The molecule has 17 heavy (non-hydrogen) atoms. The standard InChI is InChI=1S/C14H30N2O/c1-3-5-11-16(14-7-8-14)12-10-15-9-6-13-17-4-2/h14-15H,3-13H2,1-2H3. The zero-order chi connectivity index (χ0) is 12.3. The predicted molar refractivity (Wildman–Crippen MR) is 73.5 cm³/mol. The molecule has 1 N–H and O–H groups in total. The predicted octanol–water partition coefficient (Wildman–Crippen LogP) is 2.27. The van der Waals surface area contributed by atoms with Crippen molar-refractivity contribution in [3.8, 4) is 0 Å². The van der Waals surface area contributed by atoms with Crippen molar-refractivity contribution in [2.24, 2.45) is 0 Å². The van der Waals surface area contributed by atoms with Gasteiger partial charge in [0.1, 0.15) is 0 Å². The maximum atomic E-state index is 5.31. The summed E-state index contributed by atoms with van der Waals surface area (Å²) < 4.78 is 5.31. The molecule has 0 atom stereocenters. The Balaban J connectivity index is 1.91. The molecule has 0 amide bonds. The fraction of sp³-hybridized carbons (Fsp3) is 1.00. The number of rotatable bonds is 12. The third-order valence-corrected chi connectivity index (χ3v) is 3.28. The van der Waals surface area contributed by atoms with Crippen molar-refractivity contribution in [1.82, 2.24) is 10.2 Å². The molecule has 0 aromatic heterocycles. The van der Waals surface area contributed by atoms with Crippen LogP contribution in [0.2, 0.25) is 0 Å². The van der Waals surface area contributed by atoms with Crippen LogP contribution < -0.4 is 5.32 Å². The van der Waals surface area contributed by atoms with E-state index in [2.05, 4.69) is 24.1 Å². The molecular weight excluding hydrogens is 212 g/mol. The zero-order valence-corrected chi connectivity index (χ0v) is 11.7. The van der Waals surface area contributed by atoms with Crippen LogP contribution in [0.25, 0.3) is 0 Å². The molecule has 3 heteroatoms. The normalized spacial score (nSPS) is 15.7. The highest BCUT2D eigenvalue weighted by atomic mass is 16.5. The van der Waals surface area contributed by atoms with Crippen LogP contribution in [-0.2, 0) is 4.74 Å². The van der Waals surface area contributed by atoms with Crippen LogP contribution in [0.4, 0.5) is 0 Å². The van der Waals surface area contributed by atoms with E-state index in [9.17, 15) is 0 Å². The molecule has 0 spiro atoms. The molecule has 1 aliphatic rings. The fourth-order valence-electron chi connectivity index (χ4n) is 2.07. The van der Waals surface area contributed by atoms with Crippen molar-refractivity contribution in [2.45, 2.75) is 52.0 Å². The summed E-state index contributed by atoms with van der Waals surface area (Å²) in [6, 6.07) is 0.909. The smallest absolute Gasteiger partial charge is 0.0477 e. The maximum Gasteiger partial charge on any atom is 0.0477 e. The van der Waals surface area contributed by atoms with Gasteiger partial charge in [-0.15, -0.1) is 0 Å². The molecule has 0 aromatic carbocycles. The van der Waals surface area contributed by atoms with Crippen LogP contribution in [0.1, 0.15) is 46.0 Å². The Kier molecular flexibility index (Phi) is 8.67. The second-order valence-corrected chi connectivity index (χ2v) is 4.92. The molecule has 0 unspecified atom stereocenters. The molecular formula is C14H30N2O. The molecule has 1 rings (SSSR count). The third kappa shape index (κ3) is 7.74. The SMILES string of the molecule is CCCCN(CCNCCCOCC)C1CC1. The summed E-state index contributed by atoms with van der Waals surface area (Å²) in [4.78, 5) is 2.67. The van der Waals surface area contributed by atoms with Crippen LogP contribution in [0, 0.1) is 0 Å². The molecule has 0 saturated heterocycles. The van der Waals surface area contributed by atoms with Gasteiger partial charge in [0, 0.05) is 32.3 Å². The second-order valence-electron chi connectivity index (χ2n) is 4.92. The minimum Gasteiger partial charge on any atom is -0.382 e. The Labute approximate surface area is 107 Å². The van der Waals surface area contributed by atoms with Gasteiger partial charge >= 0.3 is 0 Å². The van der Waals surface area contributed by atoms with Crippen LogP contribution >= 0.6 is 0 Å². The number of nitrogens with zero attached hydrogens (tertiary/aromatic N) is 1. The van der Waals surface area contributed by atoms with E-state index in [-0.39, 0.29) is 0 Å². The highest BCUT2D eigenvalue weighted by molar-refractivity contribution is 4.84. The van der Waals surface area contributed by atoms with E-state index >= 15 is 0 Å². The minimum atomic E-state index is 0.840. The van der Waals surface area contributed by atoms with Gasteiger partial charge in [0.05, 0.1) is 0 Å². The monoisotopic (exact) mass is 242 g/mol. The van der Waals surface area contributed by atoms with E-state index in [1.54, 1.807) is 0 Å². The molecule has 3 nitrogen and oxygen atoms in total. The first-order valence-electron chi connectivity index (χ1n) is 7.41. The Morgan fingerprint density at radius 3 is 2.59 bits per heavy atom. The van der Waals surface area contributed by atoms with Gasteiger partial charge < -0.3 is 10.1 Å². The number of hydrogen-bond acceptors (Lipinski definition) is 3. The minimum absolute atomic E-state index is 0.840. The van der Waals surface area contributed by atoms with Crippen molar-refractivity contribution < 1.29 is 4.74 Å². The van der Waals surface area contributed by atoms with E-state index in [0.29, 0.717) is 0 Å². The van der Waals surface area contributed by atoms with Crippen LogP contribution in [0.3, 0.4) is 0 Å². The molecule has 1 aliphatic carbocycles. The summed E-state index contributed by atoms with van der Waals surface area (Å²) in [7, 11) is 0. The Hall–Kier alpha value is -0.120. The summed E-state index contributed by atoms with van der Waals surface area (Å²) in [5.41, 5.74) is 0. The Bertz CT molecular complexity index is 172. The highest BCUT2D eigenvalue weighted by Gasteiger charge is 2.27. The summed E-state index contributed by atoms with van der Waals surface area (Å²) in [6.07, 6.45) is 6.64. The van der Waals surface area contributed by atoms with E-state index < -0.39 is 0 Å². The van der Waals surface area contributed by atoms with Gasteiger partial charge in [0.25, 0.3) is 0 Å². The first kappa shape index (κ1) is 14.9. The number of unbranched alkanes of at least 4 members (excludes halogenated alkanes) is 1. The van der Waals surface area contributed by atoms with E-state index in [1.807, 2.05) is 0 Å². The van der Waals surface area contributed by atoms with Gasteiger partial charge in [-0.3, -0.25) is 4.90 Å². The zero-order valence-electron chi connectivity index (χ0n) is 11.7. The van der Waals surface area contributed by atoms with Gasteiger partial charge in [0.2, 0.25) is 0 Å². The molecule has 102 valence electrons. The molecule has 0 heterocycles. The van der Waals surface area contributed by atoms with Crippen molar-refractivity contribution >= 4 is 0 Å². The Morgan fingerprint density at radius 1 is 1.12 bits per heavy atom. The number of ether oxygens (including phenoxy) is 1. The quantitative estimate of drug-likeness (QED) is 0.531. The molecule has 0 radical (unpaired) electrons. The summed E-state index contributed by atoms with van der Waals surface area (Å²) >= 11 is 0. The fourth-order valence-corrected chi connectivity index (χ4v) is 2.07. The van der Waals surface area contributed by atoms with Gasteiger partial charge in [-0.25, -0.2) is 0 Å². The summed E-state index contributed by atoms with van der Waals surface area (Å²) in [5.74, 6) is 0. The van der Waals surface area contributed by atoms with Gasteiger partial charge in [-0.2, -0.15) is 0 Å². The lowest BCUT2D eigenvalue weighted by Crippen LogP contribution is -2.35. The number of hydrogen-bond donors (Lipinski definition) is 1. The first-order valence-corrected chi connectivity index (χ1v) is 7.41. The third-order valence-electron chi connectivity index (χ3n) is 3.28. The average Bonchev–Trinajstić information content (AvgIpc) is 3.16. The molecule has 1 fully saturated rings. The maximum absolute atomic E-state index is 5.31. The summed E-state index contributed by atoms with van der Waals surface area (Å²) in [6.45, 7) is 10.8. The molecule has 0 bridgehead atoms. The van der Waals surface area contributed by atoms with E-state index in [0.717, 1.165) is 38.8 Å². The number of nitrogens with one attached hydrogen (secondary N) is 1. The topological polar surface area (TPSA) is 24.5 Å². The average molecular weight is 242 g/mol. The molecule has 1 saturated carbocycles. The van der Waals surface area contributed by atoms with Crippen LogP contribution in [-0.4, -0.2) is 50.3 Å². The van der Waals surface area contributed by atoms with Crippen molar-refractivity contribution in [3.05, 3.63) is 0 Å². The van der Waals surface area contributed by atoms with Crippen LogP contribution in [0.15, 0.2) is 0 Å². The largest absolute Gasteiger partial charge is 0.382 e. The second kappa shape index (κ2) is 9.86. The Morgan fingerprint density at radius 2 is 1.94 bits per heavy atom. The molecule has 0 aromatic rings. The van der Waals surface area contributed by atoms with E-state index in [1.165, 1.54) is 38.8 Å². The lowest BCUT2D eigenvalue weighted by Gasteiger charge is -2.21.